The zero-order chi connectivity index (χ0) is 19.4. The van der Waals surface area contributed by atoms with Gasteiger partial charge in [-0.1, -0.05) is 48.5 Å². The van der Waals surface area contributed by atoms with Crippen LogP contribution in [-0.2, 0) is 21.3 Å². The maximum absolute atomic E-state index is 12.6. The van der Waals surface area contributed by atoms with Gasteiger partial charge < -0.3 is 4.74 Å². The van der Waals surface area contributed by atoms with Crippen LogP contribution in [0.15, 0.2) is 65.1 Å². The monoisotopic (exact) mass is 374 g/mol. The summed E-state index contributed by atoms with van der Waals surface area (Å²) >= 11 is 0. The number of anilines is 1. The van der Waals surface area contributed by atoms with Crippen LogP contribution in [0.3, 0.4) is 0 Å². The average molecular weight is 375 g/mol. The second kappa shape index (κ2) is 8.01. The Bertz CT molecular complexity index is 773. The Balaban J connectivity index is 2.64. The Labute approximate surface area is 157 Å². The highest BCUT2D eigenvalue weighted by atomic mass is 32.2. The van der Waals surface area contributed by atoms with E-state index in [0.29, 0.717) is 5.69 Å². The largest absolute Gasteiger partial charge is 0.482 e. The predicted octanol–water partition coefficient (Wildman–Crippen LogP) is 4.30. The van der Waals surface area contributed by atoms with E-state index in [-0.39, 0.29) is 5.90 Å². The normalized spacial score (nSPS) is 15.8. The van der Waals surface area contributed by atoms with Gasteiger partial charge in [0.2, 0.25) is 5.90 Å². The molecule has 0 aromatic heterocycles. The molecule has 0 radical (unpaired) electrons. The molecule has 2 atom stereocenters. The summed E-state index contributed by atoms with van der Waals surface area (Å²) in [6, 6.07) is 18.5. The van der Waals surface area contributed by atoms with Gasteiger partial charge in [0.05, 0.1) is 17.5 Å². The average Bonchev–Trinajstić information content (AvgIpc) is 2.65. The molecule has 2 rings (SSSR count). The summed E-state index contributed by atoms with van der Waals surface area (Å²) in [5.41, 5.74) is 0.182. The zero-order valence-corrected chi connectivity index (χ0v) is 16.7. The van der Waals surface area contributed by atoms with Gasteiger partial charge in [-0.3, -0.25) is 5.21 Å². The van der Waals surface area contributed by atoms with Gasteiger partial charge in [-0.25, -0.2) is 9.27 Å². The van der Waals surface area contributed by atoms with Crippen LogP contribution in [0.4, 0.5) is 5.69 Å². The van der Waals surface area contributed by atoms with Crippen LogP contribution in [0.1, 0.15) is 33.3 Å². The molecular weight excluding hydrogens is 348 g/mol. The molecule has 0 bridgehead atoms. The zero-order valence-electron chi connectivity index (χ0n) is 15.8. The first-order chi connectivity index (χ1) is 12.2. The number of ether oxygens (including phenoxy) is 1. The molecule has 5 nitrogen and oxygen atoms in total. The number of benzene rings is 2. The van der Waals surface area contributed by atoms with Gasteiger partial charge in [-0.15, -0.1) is 0 Å². The van der Waals surface area contributed by atoms with Gasteiger partial charge in [0.15, 0.2) is 5.54 Å². The van der Waals surface area contributed by atoms with Crippen LogP contribution in [0.25, 0.3) is 0 Å². The maximum atomic E-state index is 12.6. The number of rotatable bonds is 5. The van der Waals surface area contributed by atoms with Crippen LogP contribution in [-0.4, -0.2) is 27.2 Å². The molecule has 0 spiro atoms. The van der Waals surface area contributed by atoms with E-state index in [9.17, 15) is 9.42 Å². The summed E-state index contributed by atoms with van der Waals surface area (Å²) in [5.74, 6) is 0.170. The Morgan fingerprint density at radius 3 is 1.96 bits per heavy atom. The number of methoxy groups -OCH3 is 1. The lowest BCUT2D eigenvalue weighted by Crippen LogP contribution is -2.49. The first kappa shape index (κ1) is 20.1. The molecule has 140 valence electrons. The number of para-hydroxylation sites is 1. The Morgan fingerprint density at radius 1 is 1.00 bits per heavy atom. The van der Waals surface area contributed by atoms with Crippen LogP contribution in [0, 0.1) is 0 Å². The van der Waals surface area contributed by atoms with Crippen molar-refractivity contribution in [3.8, 4) is 0 Å². The summed E-state index contributed by atoms with van der Waals surface area (Å²) in [6.45, 7) is 7.31. The quantitative estimate of drug-likeness (QED) is 0.481. The smallest absolute Gasteiger partial charge is 0.230 e. The predicted molar refractivity (Wildman–Crippen MR) is 107 cm³/mol. The van der Waals surface area contributed by atoms with Gasteiger partial charge in [0, 0.05) is 0 Å². The van der Waals surface area contributed by atoms with Gasteiger partial charge in [0.25, 0.3) is 0 Å². The lowest BCUT2D eigenvalue weighted by molar-refractivity contribution is 0.178. The molecular formula is C20H26N2O3S. The van der Waals surface area contributed by atoms with E-state index in [1.165, 1.54) is 7.11 Å². The van der Waals surface area contributed by atoms with Gasteiger partial charge >= 0.3 is 0 Å². The van der Waals surface area contributed by atoms with E-state index in [1.807, 2.05) is 69.3 Å². The summed E-state index contributed by atoms with van der Waals surface area (Å²) in [6.07, 6.45) is 0. The highest BCUT2D eigenvalue weighted by molar-refractivity contribution is 7.85. The molecule has 0 saturated heterocycles. The Kier molecular flexibility index (Phi) is 6.21. The van der Waals surface area contributed by atoms with E-state index in [4.69, 9.17) is 4.74 Å². The summed E-state index contributed by atoms with van der Waals surface area (Å²) in [4.78, 5) is 0. The van der Waals surface area contributed by atoms with Crippen LogP contribution in [0.2, 0.25) is 0 Å². The molecule has 1 N–H and O–H groups in total. The number of hydrogen-bond donors (Lipinski definition) is 1. The lowest BCUT2D eigenvalue weighted by atomic mass is 9.90. The topological polar surface area (TPSA) is 62.1 Å². The molecule has 0 unspecified atom stereocenters. The first-order valence-corrected chi connectivity index (χ1v) is 9.46. The van der Waals surface area contributed by atoms with Crippen LogP contribution < -0.4 is 5.06 Å². The molecule has 0 amide bonds. The molecule has 2 aromatic carbocycles. The summed E-state index contributed by atoms with van der Waals surface area (Å²) in [7, 11) is -0.0643. The third kappa shape index (κ3) is 4.14. The Morgan fingerprint density at radius 2 is 1.50 bits per heavy atom. The minimum Gasteiger partial charge on any atom is -0.482 e. The van der Waals surface area contributed by atoms with Crippen molar-refractivity contribution in [1.29, 1.82) is 0 Å². The fraction of sp³-hybridized carbons (Fsp3) is 0.350. The van der Waals surface area contributed by atoms with Crippen LogP contribution in [0.5, 0.6) is 0 Å². The fourth-order valence-corrected chi connectivity index (χ4v) is 3.14. The number of hydroxylamine groups is 1. The van der Waals surface area contributed by atoms with Crippen molar-refractivity contribution in [2.24, 2.45) is 4.40 Å². The van der Waals surface area contributed by atoms with Crippen molar-refractivity contribution < 1.29 is 14.2 Å². The molecule has 2 aromatic rings. The van der Waals surface area contributed by atoms with Crippen molar-refractivity contribution in [1.82, 2.24) is 0 Å². The lowest BCUT2D eigenvalue weighted by Gasteiger charge is -2.38. The summed E-state index contributed by atoms with van der Waals surface area (Å²) in [5, 5.41) is 12.2. The molecule has 0 fully saturated rings. The van der Waals surface area contributed by atoms with E-state index in [1.54, 1.807) is 19.1 Å². The molecule has 6 heteroatoms. The van der Waals surface area contributed by atoms with Crippen molar-refractivity contribution in [2.45, 2.75) is 38.0 Å². The van der Waals surface area contributed by atoms with Crippen molar-refractivity contribution >= 4 is 22.6 Å². The van der Waals surface area contributed by atoms with E-state index in [0.717, 1.165) is 10.6 Å². The number of hydrogen-bond acceptors (Lipinski definition) is 4. The minimum absolute atomic E-state index is 0.170. The van der Waals surface area contributed by atoms with Crippen molar-refractivity contribution in [3.63, 3.8) is 0 Å². The van der Waals surface area contributed by atoms with Crippen LogP contribution >= 0.6 is 0 Å². The highest BCUT2D eigenvalue weighted by Gasteiger charge is 2.42. The Hall–Kier alpha value is -2.18. The molecule has 0 heterocycles. The SMILES string of the molecule is CO/C(=N/[S@](=O)C(C)(C)C)[C@](C)(c1ccccc1)N(O)c1ccccc1. The standard InChI is InChI=1S/C20H26N2O3S/c1-19(2,3)26(24)21-18(25-5)20(4,16-12-8-6-9-13-16)22(23)17-14-10-7-11-15-17/h6-15,23H,1-5H3/b21-18+/t20-,26+/m0/s1. The number of nitrogens with zero attached hydrogens (tertiary/aromatic N) is 2. The van der Waals surface area contributed by atoms with Gasteiger partial charge in [0.1, 0.15) is 11.0 Å². The molecule has 0 aliphatic rings. The highest BCUT2D eigenvalue weighted by Crippen LogP contribution is 2.34. The van der Waals surface area contributed by atoms with Gasteiger partial charge in [-0.2, -0.15) is 4.40 Å². The van der Waals surface area contributed by atoms with E-state index >= 15 is 0 Å². The molecule has 0 aliphatic carbocycles. The maximum Gasteiger partial charge on any atom is 0.230 e. The minimum atomic E-state index is -1.54. The molecule has 0 saturated carbocycles. The summed E-state index contributed by atoms with van der Waals surface area (Å²) < 4.78 is 21.9. The van der Waals surface area contributed by atoms with Crippen molar-refractivity contribution in [2.75, 3.05) is 12.2 Å². The van der Waals surface area contributed by atoms with E-state index in [2.05, 4.69) is 4.40 Å². The first-order valence-electron chi connectivity index (χ1n) is 8.36. The second-order valence-electron chi connectivity index (χ2n) is 7.05. The van der Waals surface area contributed by atoms with Gasteiger partial charge in [-0.05, 0) is 45.4 Å². The van der Waals surface area contributed by atoms with Crippen molar-refractivity contribution in [3.05, 3.63) is 66.2 Å². The second-order valence-corrected chi connectivity index (χ2v) is 8.95. The third-order valence-electron chi connectivity index (χ3n) is 4.06. The fourth-order valence-electron chi connectivity index (χ4n) is 2.46. The molecule has 26 heavy (non-hydrogen) atoms. The third-order valence-corrected chi connectivity index (χ3v) is 5.44. The van der Waals surface area contributed by atoms with E-state index < -0.39 is 21.3 Å². The molecule has 0 aliphatic heterocycles.